The molecule has 0 saturated carbocycles. The smallest absolute Gasteiger partial charge is 0.114 e. The van der Waals surface area contributed by atoms with E-state index in [4.69, 9.17) is 0 Å². The Kier molecular flexibility index (Phi) is 2.77. The van der Waals surface area contributed by atoms with Gasteiger partial charge in [-0.2, -0.15) is 0 Å². The van der Waals surface area contributed by atoms with Gasteiger partial charge in [-0.3, -0.25) is 0 Å². The summed E-state index contributed by atoms with van der Waals surface area (Å²) in [6.45, 7) is 8.00. The van der Waals surface area contributed by atoms with Gasteiger partial charge in [0.2, 0.25) is 0 Å². The molecule has 0 bridgehead atoms. The van der Waals surface area contributed by atoms with Crippen LogP contribution < -0.4 is 5.32 Å². The van der Waals surface area contributed by atoms with E-state index in [0.717, 1.165) is 13.1 Å². The highest BCUT2D eigenvalue weighted by atomic mass is 19.1. The van der Waals surface area contributed by atoms with Crippen LogP contribution in [0.25, 0.3) is 0 Å². The van der Waals surface area contributed by atoms with Crippen molar-refractivity contribution < 1.29 is 4.39 Å². The molecule has 0 aromatic heterocycles. The first-order chi connectivity index (χ1) is 5.41. The average molecular weight is 173 g/mol. The molecular weight excluding hydrogens is 153 g/mol. The van der Waals surface area contributed by atoms with Gasteiger partial charge in [0.15, 0.2) is 0 Å². The standard InChI is InChI=1S/C10H20FN/c1-9(2,3)8-10(11)4-6-12-7-5-10/h12H,4-8H2,1-3H3. The summed E-state index contributed by atoms with van der Waals surface area (Å²) in [7, 11) is 0. The van der Waals surface area contributed by atoms with E-state index < -0.39 is 5.67 Å². The Hall–Kier alpha value is -0.110. The quantitative estimate of drug-likeness (QED) is 0.642. The van der Waals surface area contributed by atoms with Crippen LogP contribution in [0.4, 0.5) is 4.39 Å². The van der Waals surface area contributed by atoms with Gasteiger partial charge in [-0.1, -0.05) is 20.8 Å². The Labute approximate surface area is 74.7 Å². The van der Waals surface area contributed by atoms with Gasteiger partial charge in [0.25, 0.3) is 0 Å². The second kappa shape index (κ2) is 3.33. The van der Waals surface area contributed by atoms with Crippen molar-refractivity contribution in [2.24, 2.45) is 5.41 Å². The fourth-order valence-electron chi connectivity index (χ4n) is 2.00. The number of hydrogen-bond donors (Lipinski definition) is 1. The highest BCUT2D eigenvalue weighted by Gasteiger charge is 2.35. The van der Waals surface area contributed by atoms with Gasteiger partial charge in [-0.25, -0.2) is 4.39 Å². The summed E-state index contributed by atoms with van der Waals surface area (Å²) in [5, 5.41) is 3.19. The molecule has 0 unspecified atom stereocenters. The first-order valence-corrected chi connectivity index (χ1v) is 4.81. The number of nitrogens with one attached hydrogen (secondary N) is 1. The molecule has 1 nitrogen and oxygen atoms in total. The molecule has 1 saturated heterocycles. The molecule has 0 aliphatic carbocycles. The first-order valence-electron chi connectivity index (χ1n) is 4.81. The Balaban J connectivity index is 2.47. The number of piperidine rings is 1. The predicted molar refractivity (Wildman–Crippen MR) is 50.0 cm³/mol. The average Bonchev–Trinajstić information content (AvgIpc) is 1.83. The van der Waals surface area contributed by atoms with E-state index in [2.05, 4.69) is 26.1 Å². The summed E-state index contributed by atoms with van der Waals surface area (Å²) in [6, 6.07) is 0. The summed E-state index contributed by atoms with van der Waals surface area (Å²) in [5.74, 6) is 0. The lowest BCUT2D eigenvalue weighted by atomic mass is 9.78. The largest absolute Gasteiger partial charge is 0.316 e. The van der Waals surface area contributed by atoms with Crippen molar-refractivity contribution in [1.29, 1.82) is 0 Å². The Morgan fingerprint density at radius 1 is 1.25 bits per heavy atom. The molecule has 1 N–H and O–H groups in total. The van der Waals surface area contributed by atoms with Crippen LogP contribution in [0.3, 0.4) is 0 Å². The maximum Gasteiger partial charge on any atom is 0.114 e. The number of halogens is 1. The van der Waals surface area contributed by atoms with Crippen LogP contribution >= 0.6 is 0 Å². The minimum absolute atomic E-state index is 0.117. The molecule has 0 spiro atoms. The second-order valence-corrected chi connectivity index (χ2v) is 5.14. The number of rotatable bonds is 1. The first kappa shape index (κ1) is 9.97. The summed E-state index contributed by atoms with van der Waals surface area (Å²) in [5.41, 5.74) is -0.782. The van der Waals surface area contributed by atoms with Gasteiger partial charge < -0.3 is 5.32 Å². The monoisotopic (exact) mass is 173 g/mol. The predicted octanol–water partition coefficient (Wildman–Crippen LogP) is 2.51. The molecule has 0 aromatic rings. The molecular formula is C10H20FN. The normalized spacial score (nSPS) is 24.0. The van der Waals surface area contributed by atoms with Gasteiger partial charge in [0.05, 0.1) is 0 Å². The minimum atomic E-state index is -0.899. The van der Waals surface area contributed by atoms with E-state index in [-0.39, 0.29) is 5.41 Å². The third-order valence-electron chi connectivity index (χ3n) is 2.35. The van der Waals surface area contributed by atoms with Crippen molar-refractivity contribution in [1.82, 2.24) is 5.32 Å². The number of hydrogen-bond acceptors (Lipinski definition) is 1. The molecule has 0 radical (unpaired) electrons. The molecule has 0 atom stereocenters. The van der Waals surface area contributed by atoms with Crippen LogP contribution in [0.15, 0.2) is 0 Å². The molecule has 2 heteroatoms. The highest BCUT2D eigenvalue weighted by Crippen LogP contribution is 2.35. The Bertz CT molecular complexity index is 142. The highest BCUT2D eigenvalue weighted by molar-refractivity contribution is 4.88. The van der Waals surface area contributed by atoms with Gasteiger partial charge >= 0.3 is 0 Å². The summed E-state index contributed by atoms with van der Waals surface area (Å²) >= 11 is 0. The minimum Gasteiger partial charge on any atom is -0.316 e. The van der Waals surface area contributed by atoms with Crippen molar-refractivity contribution in [3.05, 3.63) is 0 Å². The maximum absolute atomic E-state index is 14.0. The molecule has 1 fully saturated rings. The molecule has 1 rings (SSSR count). The van der Waals surface area contributed by atoms with E-state index in [1.807, 2.05) is 0 Å². The van der Waals surface area contributed by atoms with Crippen molar-refractivity contribution >= 4 is 0 Å². The Morgan fingerprint density at radius 2 is 1.75 bits per heavy atom. The van der Waals surface area contributed by atoms with E-state index in [1.54, 1.807) is 0 Å². The lowest BCUT2D eigenvalue weighted by Crippen LogP contribution is -2.40. The van der Waals surface area contributed by atoms with Gasteiger partial charge in [0, 0.05) is 0 Å². The van der Waals surface area contributed by atoms with Crippen LogP contribution in [0.2, 0.25) is 0 Å². The topological polar surface area (TPSA) is 12.0 Å². The molecule has 1 heterocycles. The second-order valence-electron chi connectivity index (χ2n) is 5.14. The molecule has 1 aliphatic heterocycles. The SMILES string of the molecule is CC(C)(C)CC1(F)CCNCC1. The lowest BCUT2D eigenvalue weighted by molar-refractivity contribution is 0.0646. The van der Waals surface area contributed by atoms with Crippen molar-refractivity contribution in [3.63, 3.8) is 0 Å². The fourth-order valence-corrected chi connectivity index (χ4v) is 2.00. The number of alkyl halides is 1. The van der Waals surface area contributed by atoms with Crippen molar-refractivity contribution in [3.8, 4) is 0 Å². The summed E-state index contributed by atoms with van der Waals surface area (Å²) < 4.78 is 14.0. The van der Waals surface area contributed by atoms with Gasteiger partial charge in [-0.05, 0) is 37.8 Å². The molecule has 12 heavy (non-hydrogen) atoms. The van der Waals surface area contributed by atoms with Crippen LogP contribution in [0.1, 0.15) is 40.0 Å². The fraction of sp³-hybridized carbons (Fsp3) is 1.00. The third kappa shape index (κ3) is 3.10. The van der Waals surface area contributed by atoms with E-state index >= 15 is 0 Å². The van der Waals surface area contributed by atoms with Crippen LogP contribution in [-0.2, 0) is 0 Å². The third-order valence-corrected chi connectivity index (χ3v) is 2.35. The lowest BCUT2D eigenvalue weighted by Gasteiger charge is -2.35. The van der Waals surface area contributed by atoms with Crippen molar-refractivity contribution in [2.45, 2.75) is 45.7 Å². The molecule has 1 aliphatic rings. The van der Waals surface area contributed by atoms with E-state index in [0.29, 0.717) is 19.3 Å². The zero-order valence-electron chi connectivity index (χ0n) is 8.41. The van der Waals surface area contributed by atoms with Crippen LogP contribution in [0, 0.1) is 5.41 Å². The molecule has 72 valence electrons. The zero-order chi connectivity index (χ0) is 9.24. The summed E-state index contributed by atoms with van der Waals surface area (Å²) in [4.78, 5) is 0. The Morgan fingerprint density at radius 3 is 2.17 bits per heavy atom. The van der Waals surface area contributed by atoms with Crippen LogP contribution in [-0.4, -0.2) is 18.8 Å². The van der Waals surface area contributed by atoms with E-state index in [9.17, 15) is 4.39 Å². The van der Waals surface area contributed by atoms with Crippen molar-refractivity contribution in [2.75, 3.05) is 13.1 Å². The summed E-state index contributed by atoms with van der Waals surface area (Å²) in [6.07, 6.45) is 2.07. The van der Waals surface area contributed by atoms with Gasteiger partial charge in [0.1, 0.15) is 5.67 Å². The zero-order valence-corrected chi connectivity index (χ0v) is 8.41. The maximum atomic E-state index is 14.0. The molecule has 0 aromatic carbocycles. The molecule has 0 amide bonds. The van der Waals surface area contributed by atoms with Crippen LogP contribution in [0.5, 0.6) is 0 Å². The van der Waals surface area contributed by atoms with Gasteiger partial charge in [-0.15, -0.1) is 0 Å². The van der Waals surface area contributed by atoms with E-state index in [1.165, 1.54) is 0 Å².